The molecule has 0 saturated heterocycles. The van der Waals surface area contributed by atoms with Crippen molar-refractivity contribution in [2.45, 2.75) is 45.7 Å². The second-order valence-corrected chi connectivity index (χ2v) is 5.59. The Morgan fingerprint density at radius 2 is 1.76 bits per heavy atom. The molecule has 0 fully saturated rings. The number of benzene rings is 1. The Hall–Kier alpha value is -0.340. The van der Waals surface area contributed by atoms with Crippen LogP contribution in [0.2, 0.25) is 0 Å². The number of nitrogens with zero attached hydrogens (tertiary/aromatic N) is 1. The van der Waals surface area contributed by atoms with Crippen molar-refractivity contribution in [1.82, 2.24) is 4.90 Å². The van der Waals surface area contributed by atoms with E-state index < -0.39 is 0 Å². The zero-order valence-electron chi connectivity index (χ0n) is 11.0. The summed E-state index contributed by atoms with van der Waals surface area (Å²) in [7, 11) is 0. The monoisotopic (exact) mass is 297 g/mol. The first kappa shape index (κ1) is 14.7. The van der Waals surface area contributed by atoms with Crippen LogP contribution in [0.25, 0.3) is 0 Å². The molecule has 1 nitrogen and oxygen atoms in total. The molecule has 1 rings (SSSR count). The first-order chi connectivity index (χ1) is 8.24. The summed E-state index contributed by atoms with van der Waals surface area (Å²) < 4.78 is 0. The van der Waals surface area contributed by atoms with Gasteiger partial charge >= 0.3 is 0 Å². The van der Waals surface area contributed by atoms with E-state index in [9.17, 15) is 0 Å². The van der Waals surface area contributed by atoms with E-state index in [4.69, 9.17) is 0 Å². The molecule has 0 heterocycles. The Bertz CT molecular complexity index is 284. The van der Waals surface area contributed by atoms with E-state index in [0.29, 0.717) is 6.04 Å². The Morgan fingerprint density at radius 1 is 1.06 bits per heavy atom. The number of hydrogen-bond acceptors (Lipinski definition) is 1. The van der Waals surface area contributed by atoms with Gasteiger partial charge < -0.3 is 0 Å². The standard InChI is InChI=1S/C15H24BrN/c1-14(2)17(12-8-4-7-11-16)13-15-9-5-3-6-10-15/h3,5-6,9-10,14H,4,7-8,11-13H2,1-2H3. The summed E-state index contributed by atoms with van der Waals surface area (Å²) in [6.45, 7) is 6.85. The lowest BCUT2D eigenvalue weighted by atomic mass is 10.1. The molecule has 0 atom stereocenters. The maximum atomic E-state index is 3.49. The summed E-state index contributed by atoms with van der Waals surface area (Å²) >= 11 is 3.49. The minimum Gasteiger partial charge on any atom is -0.297 e. The van der Waals surface area contributed by atoms with Gasteiger partial charge in [0, 0.05) is 17.9 Å². The van der Waals surface area contributed by atoms with Gasteiger partial charge in [-0.1, -0.05) is 52.7 Å². The Labute approximate surface area is 114 Å². The molecule has 1 aromatic carbocycles. The van der Waals surface area contributed by atoms with Crippen LogP contribution in [0.1, 0.15) is 38.7 Å². The molecule has 0 aliphatic rings. The van der Waals surface area contributed by atoms with E-state index in [-0.39, 0.29) is 0 Å². The molecule has 0 aliphatic heterocycles. The van der Waals surface area contributed by atoms with Crippen molar-refractivity contribution in [2.75, 3.05) is 11.9 Å². The van der Waals surface area contributed by atoms with E-state index in [1.165, 1.54) is 31.4 Å². The number of rotatable bonds is 8. The second kappa shape index (κ2) is 8.71. The van der Waals surface area contributed by atoms with E-state index >= 15 is 0 Å². The van der Waals surface area contributed by atoms with Gasteiger partial charge in [0.05, 0.1) is 0 Å². The normalized spacial score (nSPS) is 11.4. The molecule has 0 aromatic heterocycles. The maximum absolute atomic E-state index is 3.49. The van der Waals surface area contributed by atoms with Crippen LogP contribution in [0, 0.1) is 0 Å². The molecule has 17 heavy (non-hydrogen) atoms. The van der Waals surface area contributed by atoms with Crippen LogP contribution in [0.3, 0.4) is 0 Å². The minimum atomic E-state index is 0.624. The highest BCUT2D eigenvalue weighted by Crippen LogP contribution is 2.10. The molecule has 96 valence electrons. The van der Waals surface area contributed by atoms with Crippen LogP contribution in [-0.4, -0.2) is 22.8 Å². The number of alkyl halides is 1. The highest BCUT2D eigenvalue weighted by Gasteiger charge is 2.09. The van der Waals surface area contributed by atoms with E-state index in [1.54, 1.807) is 0 Å². The fraction of sp³-hybridized carbons (Fsp3) is 0.600. The van der Waals surface area contributed by atoms with Crippen LogP contribution in [0.5, 0.6) is 0 Å². The van der Waals surface area contributed by atoms with Crippen LogP contribution in [-0.2, 0) is 6.54 Å². The van der Waals surface area contributed by atoms with Gasteiger partial charge in [0.25, 0.3) is 0 Å². The number of unbranched alkanes of at least 4 members (excludes halogenated alkanes) is 2. The Morgan fingerprint density at radius 3 is 2.35 bits per heavy atom. The van der Waals surface area contributed by atoms with Gasteiger partial charge in [-0.25, -0.2) is 0 Å². The lowest BCUT2D eigenvalue weighted by Crippen LogP contribution is -2.31. The van der Waals surface area contributed by atoms with Crippen molar-refractivity contribution >= 4 is 15.9 Å². The molecule has 0 amide bonds. The summed E-state index contributed by atoms with van der Waals surface area (Å²) in [5.74, 6) is 0. The van der Waals surface area contributed by atoms with Gasteiger partial charge in [-0.3, -0.25) is 4.90 Å². The average molecular weight is 298 g/mol. The zero-order valence-corrected chi connectivity index (χ0v) is 12.6. The zero-order chi connectivity index (χ0) is 12.5. The molecule has 2 heteroatoms. The quantitative estimate of drug-likeness (QED) is 0.506. The minimum absolute atomic E-state index is 0.624. The van der Waals surface area contributed by atoms with Crippen molar-refractivity contribution < 1.29 is 0 Å². The molecule has 0 aliphatic carbocycles. The van der Waals surface area contributed by atoms with Crippen molar-refractivity contribution in [3.8, 4) is 0 Å². The van der Waals surface area contributed by atoms with E-state index in [0.717, 1.165) is 11.9 Å². The fourth-order valence-corrected chi connectivity index (χ4v) is 2.32. The second-order valence-electron chi connectivity index (χ2n) is 4.80. The lowest BCUT2D eigenvalue weighted by molar-refractivity contribution is 0.208. The van der Waals surface area contributed by atoms with Gasteiger partial charge in [-0.2, -0.15) is 0 Å². The first-order valence-corrected chi connectivity index (χ1v) is 7.70. The van der Waals surface area contributed by atoms with Crippen LogP contribution < -0.4 is 0 Å². The summed E-state index contributed by atoms with van der Waals surface area (Å²) in [6.07, 6.45) is 3.91. The Balaban J connectivity index is 2.38. The van der Waals surface area contributed by atoms with Gasteiger partial charge in [0.15, 0.2) is 0 Å². The predicted molar refractivity (Wildman–Crippen MR) is 79.6 cm³/mol. The SMILES string of the molecule is CC(C)N(CCCCCBr)Cc1ccccc1. The van der Waals surface area contributed by atoms with Gasteiger partial charge in [-0.15, -0.1) is 0 Å². The lowest BCUT2D eigenvalue weighted by Gasteiger charge is -2.26. The first-order valence-electron chi connectivity index (χ1n) is 6.58. The third-order valence-corrected chi connectivity index (χ3v) is 3.60. The third kappa shape index (κ3) is 6.23. The summed E-state index contributed by atoms with van der Waals surface area (Å²) in [5, 5.41) is 1.13. The molecule has 1 aromatic rings. The molecule has 0 unspecified atom stereocenters. The largest absolute Gasteiger partial charge is 0.297 e. The fourth-order valence-electron chi connectivity index (χ4n) is 1.92. The summed E-state index contributed by atoms with van der Waals surface area (Å²) in [6, 6.07) is 11.4. The highest BCUT2D eigenvalue weighted by atomic mass is 79.9. The number of hydrogen-bond donors (Lipinski definition) is 0. The highest BCUT2D eigenvalue weighted by molar-refractivity contribution is 9.09. The maximum Gasteiger partial charge on any atom is 0.0236 e. The molecular formula is C15H24BrN. The summed E-state index contributed by atoms with van der Waals surface area (Å²) in [4.78, 5) is 2.56. The average Bonchev–Trinajstić information content (AvgIpc) is 2.34. The molecule has 0 saturated carbocycles. The molecule has 0 N–H and O–H groups in total. The Kier molecular flexibility index (Phi) is 7.54. The van der Waals surface area contributed by atoms with Crippen LogP contribution >= 0.6 is 15.9 Å². The van der Waals surface area contributed by atoms with E-state index in [2.05, 4.69) is 65.0 Å². The van der Waals surface area contributed by atoms with Crippen molar-refractivity contribution in [1.29, 1.82) is 0 Å². The topological polar surface area (TPSA) is 3.24 Å². The predicted octanol–water partition coefficient (Wildman–Crippen LogP) is 4.46. The van der Waals surface area contributed by atoms with Crippen LogP contribution in [0.4, 0.5) is 0 Å². The molecule has 0 bridgehead atoms. The van der Waals surface area contributed by atoms with Crippen molar-refractivity contribution in [3.63, 3.8) is 0 Å². The van der Waals surface area contributed by atoms with Crippen molar-refractivity contribution in [2.24, 2.45) is 0 Å². The molecule has 0 radical (unpaired) electrons. The van der Waals surface area contributed by atoms with Gasteiger partial charge in [0.2, 0.25) is 0 Å². The van der Waals surface area contributed by atoms with Gasteiger partial charge in [0.1, 0.15) is 0 Å². The smallest absolute Gasteiger partial charge is 0.0236 e. The number of halogens is 1. The third-order valence-electron chi connectivity index (χ3n) is 3.04. The van der Waals surface area contributed by atoms with Gasteiger partial charge in [-0.05, 0) is 38.8 Å². The van der Waals surface area contributed by atoms with Crippen molar-refractivity contribution in [3.05, 3.63) is 35.9 Å². The molecule has 0 spiro atoms. The van der Waals surface area contributed by atoms with Crippen LogP contribution in [0.15, 0.2) is 30.3 Å². The van der Waals surface area contributed by atoms with E-state index in [1.807, 2.05) is 0 Å². The summed E-state index contributed by atoms with van der Waals surface area (Å²) in [5.41, 5.74) is 1.42. The molecular weight excluding hydrogens is 274 g/mol.